The molecule has 0 bridgehead atoms. The highest BCUT2D eigenvalue weighted by Crippen LogP contribution is 2.21. The molecule has 0 heterocycles. The molecule has 2 N–H and O–H groups in total. The first-order chi connectivity index (χ1) is 12.8. The minimum Gasteiger partial charge on any atom is -0.492 e. The van der Waals surface area contributed by atoms with Gasteiger partial charge in [-0.15, -0.1) is 0 Å². The van der Waals surface area contributed by atoms with Crippen LogP contribution in [0.25, 0.3) is 0 Å². The second kappa shape index (κ2) is 9.53. The van der Waals surface area contributed by atoms with Crippen molar-refractivity contribution in [3.8, 4) is 5.75 Å². The summed E-state index contributed by atoms with van der Waals surface area (Å²) >= 11 is 0. The fourth-order valence-electron chi connectivity index (χ4n) is 2.93. The van der Waals surface area contributed by atoms with Crippen molar-refractivity contribution in [1.82, 2.24) is 10.0 Å². The van der Waals surface area contributed by atoms with Crippen LogP contribution in [0.15, 0.2) is 47.4 Å². The molecule has 0 saturated heterocycles. The van der Waals surface area contributed by atoms with Crippen LogP contribution in [0.4, 0.5) is 0 Å². The number of sulfonamides is 1. The molecule has 146 valence electrons. The summed E-state index contributed by atoms with van der Waals surface area (Å²) in [7, 11) is -3.65. The van der Waals surface area contributed by atoms with Crippen LogP contribution < -0.4 is 14.8 Å². The van der Waals surface area contributed by atoms with Gasteiger partial charge in [0.25, 0.3) is 0 Å². The van der Waals surface area contributed by atoms with Crippen molar-refractivity contribution >= 4 is 15.9 Å². The zero-order valence-electron chi connectivity index (χ0n) is 15.9. The summed E-state index contributed by atoms with van der Waals surface area (Å²) in [5.41, 5.74) is 2.41. The molecule has 0 atom stereocenters. The molecular formula is C20H26N2O4S. The summed E-state index contributed by atoms with van der Waals surface area (Å²) in [6, 6.07) is 13.0. The third-order valence-electron chi connectivity index (χ3n) is 3.95. The Bertz CT molecular complexity index is 857. The maximum absolute atomic E-state index is 12.5. The van der Waals surface area contributed by atoms with Crippen LogP contribution in [0.2, 0.25) is 0 Å². The minimum atomic E-state index is -3.65. The number of hydrogen-bond acceptors (Lipinski definition) is 4. The molecule has 0 unspecified atom stereocenters. The number of carbonyl (C=O) groups is 1. The molecule has 27 heavy (non-hydrogen) atoms. The van der Waals surface area contributed by atoms with Gasteiger partial charge in [-0.05, 0) is 44.0 Å². The van der Waals surface area contributed by atoms with E-state index in [-0.39, 0.29) is 23.8 Å². The van der Waals surface area contributed by atoms with Crippen LogP contribution in [-0.4, -0.2) is 34.0 Å². The van der Waals surface area contributed by atoms with Gasteiger partial charge in [0.1, 0.15) is 12.4 Å². The van der Waals surface area contributed by atoms with Gasteiger partial charge in [-0.25, -0.2) is 13.1 Å². The molecule has 0 aliphatic carbocycles. The molecule has 0 radical (unpaired) electrons. The van der Waals surface area contributed by atoms with Crippen molar-refractivity contribution in [2.24, 2.45) is 0 Å². The van der Waals surface area contributed by atoms with Crippen molar-refractivity contribution in [2.75, 3.05) is 19.7 Å². The Hall–Kier alpha value is -2.38. The Kier molecular flexibility index (Phi) is 7.38. The molecular weight excluding hydrogens is 364 g/mol. The summed E-state index contributed by atoms with van der Waals surface area (Å²) in [5, 5.41) is 2.71. The van der Waals surface area contributed by atoms with Gasteiger partial charge in [0.05, 0.1) is 11.4 Å². The highest BCUT2D eigenvalue weighted by molar-refractivity contribution is 7.89. The summed E-state index contributed by atoms with van der Waals surface area (Å²) < 4.78 is 33.0. The van der Waals surface area contributed by atoms with Gasteiger partial charge in [0, 0.05) is 13.0 Å². The molecule has 2 rings (SSSR count). The summed E-state index contributed by atoms with van der Waals surface area (Å²) in [6.45, 7) is 6.22. The second-order valence-corrected chi connectivity index (χ2v) is 8.09. The van der Waals surface area contributed by atoms with E-state index in [0.29, 0.717) is 24.3 Å². The van der Waals surface area contributed by atoms with Crippen molar-refractivity contribution in [1.29, 1.82) is 0 Å². The Morgan fingerprint density at radius 2 is 1.63 bits per heavy atom. The van der Waals surface area contributed by atoms with E-state index >= 15 is 0 Å². The molecule has 0 fully saturated rings. The van der Waals surface area contributed by atoms with Crippen molar-refractivity contribution in [3.63, 3.8) is 0 Å². The van der Waals surface area contributed by atoms with E-state index in [2.05, 4.69) is 10.0 Å². The van der Waals surface area contributed by atoms with Crippen LogP contribution in [-0.2, 0) is 14.8 Å². The van der Waals surface area contributed by atoms with Gasteiger partial charge in [-0.1, -0.05) is 35.9 Å². The Balaban J connectivity index is 1.76. The third kappa shape index (κ3) is 6.37. The normalized spacial score (nSPS) is 11.2. The third-order valence-corrected chi connectivity index (χ3v) is 5.72. The van der Waals surface area contributed by atoms with Crippen LogP contribution in [0.5, 0.6) is 5.75 Å². The SMILES string of the molecule is Cc1cc(C)c(S(=O)(=O)NCCC(=O)NCCOc2ccccc2)c(C)c1. The van der Waals surface area contributed by atoms with Crippen LogP contribution in [0.1, 0.15) is 23.1 Å². The smallest absolute Gasteiger partial charge is 0.241 e. The lowest BCUT2D eigenvalue weighted by molar-refractivity contribution is -0.121. The Morgan fingerprint density at radius 3 is 2.26 bits per heavy atom. The molecule has 0 aromatic heterocycles. The number of benzene rings is 2. The number of para-hydroxylation sites is 1. The molecule has 1 amide bonds. The molecule has 2 aromatic carbocycles. The fraction of sp³-hybridized carbons (Fsp3) is 0.350. The highest BCUT2D eigenvalue weighted by atomic mass is 32.2. The molecule has 0 saturated carbocycles. The summed E-state index contributed by atoms with van der Waals surface area (Å²) in [6.07, 6.45) is 0.0640. The second-order valence-electron chi connectivity index (χ2n) is 6.39. The molecule has 7 heteroatoms. The molecule has 6 nitrogen and oxygen atoms in total. The van der Waals surface area contributed by atoms with E-state index in [9.17, 15) is 13.2 Å². The van der Waals surface area contributed by atoms with Gasteiger partial charge in [-0.2, -0.15) is 0 Å². The molecule has 2 aromatic rings. The number of nitrogens with one attached hydrogen (secondary N) is 2. The van der Waals surface area contributed by atoms with E-state index in [1.54, 1.807) is 13.8 Å². The van der Waals surface area contributed by atoms with E-state index in [4.69, 9.17) is 4.74 Å². The average Bonchev–Trinajstić information content (AvgIpc) is 2.58. The molecule has 0 aliphatic rings. The Labute approximate surface area is 161 Å². The standard InChI is InChI=1S/C20H26N2O4S/c1-15-13-16(2)20(17(3)14-15)27(24,25)22-10-9-19(23)21-11-12-26-18-7-5-4-6-8-18/h4-8,13-14,22H,9-12H2,1-3H3,(H,21,23). The van der Waals surface area contributed by atoms with Crippen molar-refractivity contribution < 1.29 is 17.9 Å². The number of hydrogen-bond donors (Lipinski definition) is 2. The number of rotatable bonds is 9. The van der Waals surface area contributed by atoms with Gasteiger partial charge < -0.3 is 10.1 Å². The van der Waals surface area contributed by atoms with Crippen molar-refractivity contribution in [3.05, 3.63) is 59.2 Å². The number of amides is 1. The molecule has 0 aliphatic heterocycles. The van der Waals surface area contributed by atoms with E-state index < -0.39 is 10.0 Å². The Morgan fingerprint density at radius 1 is 1.00 bits per heavy atom. The first-order valence-corrected chi connectivity index (χ1v) is 10.3. The van der Waals surface area contributed by atoms with Gasteiger partial charge in [0.15, 0.2) is 0 Å². The quantitative estimate of drug-likeness (QED) is 0.644. The van der Waals surface area contributed by atoms with Crippen LogP contribution in [0.3, 0.4) is 0 Å². The van der Waals surface area contributed by atoms with Gasteiger partial charge in [-0.3, -0.25) is 4.79 Å². The monoisotopic (exact) mass is 390 g/mol. The van der Waals surface area contributed by atoms with E-state index in [0.717, 1.165) is 11.3 Å². The lowest BCUT2D eigenvalue weighted by Crippen LogP contribution is -2.33. The first-order valence-electron chi connectivity index (χ1n) is 8.81. The number of carbonyl (C=O) groups excluding carboxylic acids is 1. The molecule has 0 spiro atoms. The predicted octanol–water partition coefficient (Wildman–Crippen LogP) is 2.48. The fourth-order valence-corrected chi connectivity index (χ4v) is 4.41. The van der Waals surface area contributed by atoms with Crippen LogP contribution >= 0.6 is 0 Å². The lowest BCUT2D eigenvalue weighted by atomic mass is 10.1. The maximum atomic E-state index is 12.5. The zero-order chi connectivity index (χ0) is 19.9. The number of aryl methyl sites for hydroxylation is 3. The predicted molar refractivity (Wildman–Crippen MR) is 105 cm³/mol. The van der Waals surface area contributed by atoms with Crippen molar-refractivity contribution in [2.45, 2.75) is 32.1 Å². The first kappa shape index (κ1) is 20.9. The number of ether oxygens (including phenoxy) is 1. The largest absolute Gasteiger partial charge is 0.492 e. The van der Waals surface area contributed by atoms with Gasteiger partial charge >= 0.3 is 0 Å². The minimum absolute atomic E-state index is 0.0421. The zero-order valence-corrected chi connectivity index (χ0v) is 16.7. The summed E-state index contributed by atoms with van der Waals surface area (Å²) in [4.78, 5) is 12.1. The highest BCUT2D eigenvalue weighted by Gasteiger charge is 2.19. The average molecular weight is 391 g/mol. The van der Waals surface area contributed by atoms with Gasteiger partial charge in [0.2, 0.25) is 15.9 Å². The van der Waals surface area contributed by atoms with E-state index in [1.807, 2.05) is 49.4 Å². The van der Waals surface area contributed by atoms with Crippen LogP contribution in [0, 0.1) is 20.8 Å². The maximum Gasteiger partial charge on any atom is 0.241 e. The van der Waals surface area contributed by atoms with E-state index in [1.165, 1.54) is 0 Å². The lowest BCUT2D eigenvalue weighted by Gasteiger charge is -2.13. The topological polar surface area (TPSA) is 84.5 Å². The summed E-state index contributed by atoms with van der Waals surface area (Å²) in [5.74, 6) is 0.509.